The molecule has 1 aromatic rings. The Morgan fingerprint density at radius 2 is 2.00 bits per heavy atom. The van der Waals surface area contributed by atoms with E-state index >= 15 is 0 Å². The van der Waals surface area contributed by atoms with Gasteiger partial charge in [0.1, 0.15) is 18.5 Å². The predicted molar refractivity (Wildman–Crippen MR) is 71.8 cm³/mol. The fourth-order valence-corrected chi connectivity index (χ4v) is 1.41. The fraction of sp³-hybridized carbons (Fsp3) is 0.571. The Kier molecular flexibility index (Phi) is 5.59. The first-order valence-electron chi connectivity index (χ1n) is 6.17. The minimum absolute atomic E-state index is 0.0262. The standard InChI is InChI=1S/C14H23NO3/c1-11-6-4-5-7-13(11)18-9-12(17)8-15-14(2,3)10-16/h4-7,12,15-17H,8-10H2,1-3H3/t12-/m0/s1. The van der Waals surface area contributed by atoms with Gasteiger partial charge in [0, 0.05) is 12.1 Å². The number of aliphatic hydroxyl groups excluding tert-OH is 2. The first kappa shape index (κ1) is 15.0. The van der Waals surface area contributed by atoms with E-state index in [1.807, 2.05) is 45.0 Å². The first-order chi connectivity index (χ1) is 8.44. The fourth-order valence-electron chi connectivity index (χ4n) is 1.41. The van der Waals surface area contributed by atoms with Crippen molar-refractivity contribution in [1.29, 1.82) is 0 Å². The van der Waals surface area contributed by atoms with Gasteiger partial charge < -0.3 is 20.3 Å². The van der Waals surface area contributed by atoms with E-state index < -0.39 is 6.10 Å². The van der Waals surface area contributed by atoms with Crippen molar-refractivity contribution >= 4 is 0 Å². The maximum atomic E-state index is 9.79. The van der Waals surface area contributed by atoms with Crippen LogP contribution in [0.4, 0.5) is 0 Å². The monoisotopic (exact) mass is 253 g/mol. The number of benzene rings is 1. The third kappa shape index (κ3) is 5.04. The number of ether oxygens (including phenoxy) is 1. The Hall–Kier alpha value is -1.10. The molecule has 0 spiro atoms. The van der Waals surface area contributed by atoms with Crippen molar-refractivity contribution in [1.82, 2.24) is 5.32 Å². The Balaban J connectivity index is 2.34. The number of β-amino-alcohol motifs (C(OH)–C–C–N with tert-alkyl or cyclic N) is 1. The lowest BCUT2D eigenvalue weighted by Crippen LogP contribution is -2.47. The third-order valence-electron chi connectivity index (χ3n) is 2.74. The van der Waals surface area contributed by atoms with Gasteiger partial charge in [-0.15, -0.1) is 0 Å². The summed E-state index contributed by atoms with van der Waals surface area (Å²) in [6, 6.07) is 7.70. The minimum Gasteiger partial charge on any atom is -0.491 e. The molecule has 3 N–H and O–H groups in total. The molecule has 0 saturated heterocycles. The quantitative estimate of drug-likeness (QED) is 0.681. The number of para-hydroxylation sites is 1. The summed E-state index contributed by atoms with van der Waals surface area (Å²) in [6.07, 6.45) is -0.601. The SMILES string of the molecule is Cc1ccccc1OC[C@@H](O)CNC(C)(C)CO. The van der Waals surface area contributed by atoms with Gasteiger partial charge in [-0.05, 0) is 32.4 Å². The molecule has 1 atom stereocenters. The topological polar surface area (TPSA) is 61.7 Å². The Bertz CT molecular complexity index is 366. The molecule has 1 rings (SSSR count). The van der Waals surface area contributed by atoms with Crippen LogP contribution in [0, 0.1) is 6.92 Å². The molecular formula is C14H23NO3. The lowest BCUT2D eigenvalue weighted by molar-refractivity contribution is 0.0904. The van der Waals surface area contributed by atoms with Crippen LogP contribution in [0.1, 0.15) is 19.4 Å². The van der Waals surface area contributed by atoms with E-state index in [0.29, 0.717) is 6.54 Å². The second-order valence-corrected chi connectivity index (χ2v) is 5.15. The van der Waals surface area contributed by atoms with Gasteiger partial charge in [0.05, 0.1) is 6.61 Å². The molecule has 0 bridgehead atoms. The highest BCUT2D eigenvalue weighted by Gasteiger charge is 2.17. The molecule has 0 aliphatic rings. The van der Waals surface area contributed by atoms with E-state index in [2.05, 4.69) is 5.32 Å². The van der Waals surface area contributed by atoms with Crippen LogP contribution in [0.25, 0.3) is 0 Å². The minimum atomic E-state index is -0.601. The van der Waals surface area contributed by atoms with Gasteiger partial charge in [-0.3, -0.25) is 0 Å². The van der Waals surface area contributed by atoms with Gasteiger partial charge in [-0.25, -0.2) is 0 Å². The summed E-state index contributed by atoms with van der Waals surface area (Å²) in [6.45, 7) is 6.37. The Labute approximate surface area is 109 Å². The van der Waals surface area contributed by atoms with E-state index in [0.717, 1.165) is 11.3 Å². The third-order valence-corrected chi connectivity index (χ3v) is 2.74. The molecule has 18 heavy (non-hydrogen) atoms. The van der Waals surface area contributed by atoms with E-state index in [4.69, 9.17) is 9.84 Å². The second kappa shape index (κ2) is 6.73. The van der Waals surface area contributed by atoms with Crippen LogP contribution in [0.15, 0.2) is 24.3 Å². The Morgan fingerprint density at radius 3 is 2.61 bits per heavy atom. The summed E-state index contributed by atoms with van der Waals surface area (Å²) in [5.41, 5.74) is 0.664. The molecule has 0 radical (unpaired) electrons. The summed E-state index contributed by atoms with van der Waals surface area (Å²) < 4.78 is 5.54. The summed E-state index contributed by atoms with van der Waals surface area (Å²) in [5.74, 6) is 0.790. The molecule has 4 nitrogen and oxygen atoms in total. The first-order valence-corrected chi connectivity index (χ1v) is 6.17. The number of aryl methyl sites for hydroxylation is 1. The number of nitrogens with one attached hydrogen (secondary N) is 1. The number of hydrogen-bond acceptors (Lipinski definition) is 4. The molecule has 0 unspecified atom stereocenters. The molecule has 102 valence electrons. The van der Waals surface area contributed by atoms with Crippen molar-refractivity contribution in [3.05, 3.63) is 29.8 Å². The number of aliphatic hydroxyl groups is 2. The van der Waals surface area contributed by atoms with Crippen LogP contribution in [-0.4, -0.2) is 41.6 Å². The zero-order valence-electron chi connectivity index (χ0n) is 11.3. The second-order valence-electron chi connectivity index (χ2n) is 5.15. The maximum absolute atomic E-state index is 9.79. The lowest BCUT2D eigenvalue weighted by atomic mass is 10.1. The molecule has 0 aromatic heterocycles. The number of rotatable bonds is 7. The largest absolute Gasteiger partial charge is 0.491 e. The highest BCUT2D eigenvalue weighted by atomic mass is 16.5. The normalized spacial score (nSPS) is 13.4. The maximum Gasteiger partial charge on any atom is 0.122 e. The molecule has 0 fully saturated rings. The molecule has 0 saturated carbocycles. The zero-order valence-corrected chi connectivity index (χ0v) is 11.3. The molecule has 1 aromatic carbocycles. The van der Waals surface area contributed by atoms with Gasteiger partial charge in [0.25, 0.3) is 0 Å². The van der Waals surface area contributed by atoms with Crippen molar-refractivity contribution in [3.8, 4) is 5.75 Å². The van der Waals surface area contributed by atoms with Crippen LogP contribution in [0.3, 0.4) is 0 Å². The molecule has 0 aliphatic carbocycles. The van der Waals surface area contributed by atoms with Gasteiger partial charge in [0.2, 0.25) is 0 Å². The van der Waals surface area contributed by atoms with Crippen molar-refractivity contribution in [3.63, 3.8) is 0 Å². The van der Waals surface area contributed by atoms with Crippen LogP contribution < -0.4 is 10.1 Å². The summed E-state index contributed by atoms with van der Waals surface area (Å²) in [4.78, 5) is 0. The van der Waals surface area contributed by atoms with Crippen molar-refractivity contribution in [2.24, 2.45) is 0 Å². The zero-order chi connectivity index (χ0) is 13.6. The van der Waals surface area contributed by atoms with Crippen LogP contribution in [-0.2, 0) is 0 Å². The predicted octanol–water partition coefficient (Wildman–Crippen LogP) is 1.10. The van der Waals surface area contributed by atoms with Crippen molar-refractivity contribution in [2.45, 2.75) is 32.4 Å². The lowest BCUT2D eigenvalue weighted by Gasteiger charge is -2.25. The van der Waals surface area contributed by atoms with E-state index in [1.54, 1.807) is 0 Å². The number of hydrogen-bond donors (Lipinski definition) is 3. The van der Waals surface area contributed by atoms with Crippen molar-refractivity contribution < 1.29 is 14.9 Å². The summed E-state index contributed by atoms with van der Waals surface area (Å²) in [5, 5.41) is 21.9. The summed E-state index contributed by atoms with van der Waals surface area (Å²) >= 11 is 0. The molecular weight excluding hydrogens is 230 g/mol. The van der Waals surface area contributed by atoms with Gasteiger partial charge in [0.15, 0.2) is 0 Å². The van der Waals surface area contributed by atoms with Crippen LogP contribution in [0.5, 0.6) is 5.75 Å². The molecule has 0 heterocycles. The van der Waals surface area contributed by atoms with Gasteiger partial charge in [-0.2, -0.15) is 0 Å². The highest BCUT2D eigenvalue weighted by Crippen LogP contribution is 2.16. The average Bonchev–Trinajstić information content (AvgIpc) is 2.35. The van der Waals surface area contributed by atoms with Crippen LogP contribution >= 0.6 is 0 Å². The van der Waals surface area contributed by atoms with Crippen LogP contribution in [0.2, 0.25) is 0 Å². The van der Waals surface area contributed by atoms with Gasteiger partial charge in [-0.1, -0.05) is 18.2 Å². The highest BCUT2D eigenvalue weighted by molar-refractivity contribution is 5.31. The smallest absolute Gasteiger partial charge is 0.122 e. The van der Waals surface area contributed by atoms with E-state index in [-0.39, 0.29) is 18.8 Å². The van der Waals surface area contributed by atoms with Gasteiger partial charge >= 0.3 is 0 Å². The Morgan fingerprint density at radius 1 is 1.33 bits per heavy atom. The molecule has 0 amide bonds. The summed E-state index contributed by atoms with van der Waals surface area (Å²) in [7, 11) is 0. The molecule has 4 heteroatoms. The van der Waals surface area contributed by atoms with E-state index in [1.165, 1.54) is 0 Å². The van der Waals surface area contributed by atoms with E-state index in [9.17, 15) is 5.11 Å². The average molecular weight is 253 g/mol. The van der Waals surface area contributed by atoms with Crippen molar-refractivity contribution in [2.75, 3.05) is 19.8 Å². The molecule has 0 aliphatic heterocycles.